The van der Waals surface area contributed by atoms with Crippen molar-refractivity contribution in [3.63, 3.8) is 0 Å². The Kier molecular flexibility index (Phi) is 5.40. The third-order valence-electron chi connectivity index (χ3n) is 3.45. The maximum Gasteiger partial charge on any atom is 0.323 e. The molecule has 0 amide bonds. The first-order valence-electron chi connectivity index (χ1n) is 6.86. The lowest BCUT2D eigenvalue weighted by Crippen LogP contribution is -2.44. The lowest BCUT2D eigenvalue weighted by molar-refractivity contribution is -0.151. The third-order valence-corrected chi connectivity index (χ3v) is 3.94. The Morgan fingerprint density at radius 3 is 3.05 bits per heavy atom. The van der Waals surface area contributed by atoms with Crippen LogP contribution in [0.4, 0.5) is 0 Å². The summed E-state index contributed by atoms with van der Waals surface area (Å²) in [4.78, 5) is 14.2. The molecule has 19 heavy (non-hydrogen) atoms. The smallest absolute Gasteiger partial charge is 0.323 e. The molecule has 0 aliphatic carbocycles. The van der Waals surface area contributed by atoms with Crippen LogP contribution in [0.3, 0.4) is 0 Å². The molecule has 104 valence electrons. The highest BCUT2D eigenvalue weighted by atomic mass is 79.9. The van der Waals surface area contributed by atoms with E-state index in [0.29, 0.717) is 6.61 Å². The van der Waals surface area contributed by atoms with Crippen LogP contribution in [0, 0.1) is 0 Å². The van der Waals surface area contributed by atoms with E-state index in [1.807, 2.05) is 19.1 Å². The van der Waals surface area contributed by atoms with Crippen LogP contribution >= 0.6 is 15.9 Å². The van der Waals surface area contributed by atoms with Crippen LogP contribution in [0.2, 0.25) is 0 Å². The predicted octanol–water partition coefficient (Wildman–Crippen LogP) is 3.37. The fourth-order valence-corrected chi connectivity index (χ4v) is 3.00. The zero-order valence-electron chi connectivity index (χ0n) is 11.3. The van der Waals surface area contributed by atoms with Crippen molar-refractivity contribution in [1.29, 1.82) is 0 Å². The van der Waals surface area contributed by atoms with Gasteiger partial charge in [0.2, 0.25) is 0 Å². The molecule has 3 nitrogen and oxygen atoms in total. The summed E-state index contributed by atoms with van der Waals surface area (Å²) in [6.07, 6.45) is 3.18. The van der Waals surface area contributed by atoms with Crippen molar-refractivity contribution in [3.8, 4) is 0 Å². The lowest BCUT2D eigenvalue weighted by Gasteiger charge is -2.33. The highest BCUT2D eigenvalue weighted by molar-refractivity contribution is 9.10. The molecule has 0 saturated carbocycles. The van der Waals surface area contributed by atoms with Crippen LogP contribution in [0.1, 0.15) is 31.7 Å². The minimum absolute atomic E-state index is 0.0720. The van der Waals surface area contributed by atoms with Crippen LogP contribution in [0.25, 0.3) is 0 Å². The number of esters is 1. The van der Waals surface area contributed by atoms with E-state index >= 15 is 0 Å². The topological polar surface area (TPSA) is 29.5 Å². The van der Waals surface area contributed by atoms with E-state index < -0.39 is 0 Å². The van der Waals surface area contributed by atoms with Gasteiger partial charge >= 0.3 is 5.97 Å². The zero-order chi connectivity index (χ0) is 13.7. The molecule has 1 aliphatic heterocycles. The van der Waals surface area contributed by atoms with E-state index in [0.717, 1.165) is 36.8 Å². The number of carbonyl (C=O) groups is 1. The second-order valence-electron chi connectivity index (χ2n) is 4.86. The first kappa shape index (κ1) is 14.5. The maximum atomic E-state index is 12.0. The highest BCUT2D eigenvalue weighted by Crippen LogP contribution is 2.22. The molecule has 1 heterocycles. The summed E-state index contributed by atoms with van der Waals surface area (Å²) in [5.41, 5.74) is 1.23. The largest absolute Gasteiger partial charge is 0.465 e. The standard InChI is InChI=1S/C15H20BrNO2/c1-2-19-15(18)14-8-3-4-9-17(14)11-12-6-5-7-13(16)10-12/h5-7,10,14H,2-4,8-9,11H2,1H3/t14-/m1/s1. The van der Waals surface area contributed by atoms with Gasteiger partial charge in [-0.15, -0.1) is 0 Å². The number of ether oxygens (including phenoxy) is 1. The van der Waals surface area contributed by atoms with Gasteiger partial charge in [-0.25, -0.2) is 0 Å². The molecule has 0 radical (unpaired) electrons. The van der Waals surface area contributed by atoms with Gasteiger partial charge in [0.05, 0.1) is 6.61 Å². The molecule has 1 fully saturated rings. The SMILES string of the molecule is CCOC(=O)[C@H]1CCCCN1Cc1cccc(Br)c1. The van der Waals surface area contributed by atoms with Gasteiger partial charge < -0.3 is 4.74 Å². The number of carbonyl (C=O) groups excluding carboxylic acids is 1. The van der Waals surface area contributed by atoms with Crippen molar-refractivity contribution >= 4 is 21.9 Å². The van der Waals surface area contributed by atoms with Crippen molar-refractivity contribution in [2.75, 3.05) is 13.2 Å². The molecular formula is C15H20BrNO2. The molecule has 1 aliphatic rings. The van der Waals surface area contributed by atoms with Crippen LogP contribution < -0.4 is 0 Å². The first-order chi connectivity index (χ1) is 9.20. The van der Waals surface area contributed by atoms with E-state index in [9.17, 15) is 4.79 Å². The molecule has 0 unspecified atom stereocenters. The molecule has 0 spiro atoms. The molecule has 1 saturated heterocycles. The number of piperidine rings is 1. The van der Waals surface area contributed by atoms with Crippen molar-refractivity contribution < 1.29 is 9.53 Å². The summed E-state index contributed by atoms with van der Waals surface area (Å²) in [6, 6.07) is 8.18. The van der Waals surface area contributed by atoms with Gasteiger partial charge in [0.1, 0.15) is 6.04 Å². The molecule has 1 aromatic rings. The van der Waals surface area contributed by atoms with Gasteiger partial charge in [-0.2, -0.15) is 0 Å². The summed E-state index contributed by atoms with van der Waals surface area (Å²) in [7, 11) is 0. The fraction of sp³-hybridized carbons (Fsp3) is 0.533. The Bertz CT molecular complexity index is 436. The Morgan fingerprint density at radius 1 is 1.47 bits per heavy atom. The van der Waals surface area contributed by atoms with Crippen LogP contribution in [0.15, 0.2) is 28.7 Å². The number of likely N-dealkylation sites (tertiary alicyclic amines) is 1. The number of rotatable bonds is 4. The number of hydrogen-bond donors (Lipinski definition) is 0. The van der Waals surface area contributed by atoms with Gasteiger partial charge in [0.25, 0.3) is 0 Å². The molecule has 1 aromatic carbocycles. The van der Waals surface area contributed by atoms with Gasteiger partial charge in [-0.05, 0) is 44.0 Å². The molecule has 4 heteroatoms. The molecule has 1 atom stereocenters. The predicted molar refractivity (Wildman–Crippen MR) is 78.8 cm³/mol. The Labute approximate surface area is 123 Å². The van der Waals surface area contributed by atoms with Crippen molar-refractivity contribution in [2.24, 2.45) is 0 Å². The second-order valence-corrected chi connectivity index (χ2v) is 5.78. The van der Waals surface area contributed by atoms with Crippen LogP contribution in [0.5, 0.6) is 0 Å². The summed E-state index contributed by atoms with van der Waals surface area (Å²) in [5, 5.41) is 0. The van der Waals surface area contributed by atoms with Crippen molar-refractivity contribution in [3.05, 3.63) is 34.3 Å². The van der Waals surface area contributed by atoms with Gasteiger partial charge in [-0.1, -0.05) is 34.5 Å². The number of benzene rings is 1. The summed E-state index contributed by atoms with van der Waals surface area (Å²) >= 11 is 3.49. The maximum absolute atomic E-state index is 12.0. The van der Waals surface area contributed by atoms with Crippen molar-refractivity contribution in [1.82, 2.24) is 4.90 Å². The van der Waals surface area contributed by atoms with E-state index in [4.69, 9.17) is 4.74 Å². The van der Waals surface area contributed by atoms with E-state index in [1.165, 1.54) is 5.56 Å². The van der Waals surface area contributed by atoms with E-state index in [1.54, 1.807) is 0 Å². The molecular weight excluding hydrogens is 306 g/mol. The summed E-state index contributed by atoms with van der Waals surface area (Å²) < 4.78 is 6.26. The monoisotopic (exact) mass is 325 g/mol. The minimum Gasteiger partial charge on any atom is -0.465 e. The van der Waals surface area contributed by atoms with Gasteiger partial charge in [0, 0.05) is 11.0 Å². The zero-order valence-corrected chi connectivity index (χ0v) is 12.9. The van der Waals surface area contributed by atoms with Crippen LogP contribution in [-0.2, 0) is 16.1 Å². The van der Waals surface area contributed by atoms with E-state index in [-0.39, 0.29) is 12.0 Å². The lowest BCUT2D eigenvalue weighted by atomic mass is 10.0. The third kappa shape index (κ3) is 4.05. The molecule has 0 aromatic heterocycles. The van der Waals surface area contributed by atoms with Crippen LogP contribution in [-0.4, -0.2) is 30.1 Å². The normalized spacial score (nSPS) is 20.2. The fourth-order valence-electron chi connectivity index (χ4n) is 2.56. The number of nitrogens with zero attached hydrogens (tertiary/aromatic N) is 1. The van der Waals surface area contributed by atoms with Crippen molar-refractivity contribution in [2.45, 2.75) is 38.8 Å². The molecule has 0 N–H and O–H groups in total. The van der Waals surface area contributed by atoms with E-state index in [2.05, 4.69) is 33.0 Å². The quantitative estimate of drug-likeness (QED) is 0.795. The number of hydrogen-bond acceptors (Lipinski definition) is 3. The molecule has 0 bridgehead atoms. The minimum atomic E-state index is -0.0762. The Balaban J connectivity index is 2.05. The summed E-state index contributed by atoms with van der Waals surface area (Å²) in [5.74, 6) is -0.0720. The summed E-state index contributed by atoms with van der Waals surface area (Å²) in [6.45, 7) is 4.10. The van der Waals surface area contributed by atoms with Gasteiger partial charge in [-0.3, -0.25) is 9.69 Å². The highest BCUT2D eigenvalue weighted by Gasteiger charge is 2.29. The average Bonchev–Trinajstić information content (AvgIpc) is 2.39. The Morgan fingerprint density at radius 2 is 2.32 bits per heavy atom. The van der Waals surface area contributed by atoms with Gasteiger partial charge in [0.15, 0.2) is 0 Å². The second kappa shape index (κ2) is 7.06. The molecule has 2 rings (SSSR count). The first-order valence-corrected chi connectivity index (χ1v) is 7.65. The number of halogens is 1. The Hall–Kier alpha value is -0.870. The average molecular weight is 326 g/mol.